The molecule has 0 aromatic heterocycles. The van der Waals surface area contributed by atoms with Gasteiger partial charge in [-0.2, -0.15) is 0 Å². The average Bonchev–Trinajstić information content (AvgIpc) is 2.47. The first-order valence-electron chi connectivity index (χ1n) is 8.00. The van der Waals surface area contributed by atoms with Crippen LogP contribution in [0, 0.1) is 5.82 Å². The predicted molar refractivity (Wildman–Crippen MR) is 92.3 cm³/mol. The largest absolute Gasteiger partial charge is 0.314 e. The number of nitrogens with zero attached hydrogens (tertiary/aromatic N) is 1. The number of rotatable bonds is 10. The van der Waals surface area contributed by atoms with Gasteiger partial charge < -0.3 is 10.2 Å². The Morgan fingerprint density at radius 1 is 1.24 bits per heavy atom. The minimum absolute atomic E-state index is 0.188. The van der Waals surface area contributed by atoms with E-state index in [0.717, 1.165) is 49.9 Å². The second-order valence-corrected chi connectivity index (χ2v) is 6.26. The highest BCUT2D eigenvalue weighted by atomic mass is 79.9. The molecule has 4 heteroatoms. The summed E-state index contributed by atoms with van der Waals surface area (Å²) in [4.78, 5) is 2.44. The minimum atomic E-state index is -0.188. The summed E-state index contributed by atoms with van der Waals surface area (Å²) in [5.74, 6) is -0.188. The molecule has 1 unspecified atom stereocenters. The zero-order valence-electron chi connectivity index (χ0n) is 13.5. The summed E-state index contributed by atoms with van der Waals surface area (Å²) in [6.07, 6.45) is 3.18. The zero-order chi connectivity index (χ0) is 15.7. The van der Waals surface area contributed by atoms with Gasteiger partial charge in [-0.1, -0.05) is 42.8 Å². The molecule has 1 aromatic carbocycles. The molecule has 21 heavy (non-hydrogen) atoms. The van der Waals surface area contributed by atoms with Gasteiger partial charge in [-0.15, -0.1) is 0 Å². The lowest BCUT2D eigenvalue weighted by molar-refractivity contribution is 0.280. The SMILES string of the molecule is CCCNC(CCN(CC)CC)Cc1ccc(F)cc1Br. The van der Waals surface area contributed by atoms with Crippen molar-refractivity contribution in [3.63, 3.8) is 0 Å². The van der Waals surface area contributed by atoms with E-state index in [1.807, 2.05) is 6.07 Å². The Bertz CT molecular complexity index is 408. The van der Waals surface area contributed by atoms with Crippen LogP contribution in [0.2, 0.25) is 0 Å². The molecular formula is C17H28BrFN2. The summed E-state index contributed by atoms with van der Waals surface area (Å²) < 4.78 is 14.0. The second-order valence-electron chi connectivity index (χ2n) is 5.41. The van der Waals surface area contributed by atoms with Gasteiger partial charge >= 0.3 is 0 Å². The molecule has 0 spiro atoms. The highest BCUT2D eigenvalue weighted by Crippen LogP contribution is 2.20. The molecule has 0 saturated heterocycles. The van der Waals surface area contributed by atoms with Crippen molar-refractivity contribution in [3.05, 3.63) is 34.1 Å². The molecule has 0 aliphatic heterocycles. The summed E-state index contributed by atoms with van der Waals surface area (Å²) in [5.41, 5.74) is 1.17. The number of halogens is 2. The molecule has 0 saturated carbocycles. The molecule has 0 amide bonds. The van der Waals surface area contributed by atoms with Gasteiger partial charge in [0.2, 0.25) is 0 Å². The van der Waals surface area contributed by atoms with Gasteiger partial charge in [0.1, 0.15) is 5.82 Å². The van der Waals surface area contributed by atoms with Crippen LogP contribution in [0.15, 0.2) is 22.7 Å². The summed E-state index contributed by atoms with van der Waals surface area (Å²) in [6.45, 7) is 10.9. The van der Waals surface area contributed by atoms with Crippen LogP contribution in [0.25, 0.3) is 0 Å². The van der Waals surface area contributed by atoms with E-state index < -0.39 is 0 Å². The summed E-state index contributed by atoms with van der Waals surface area (Å²) in [7, 11) is 0. The van der Waals surface area contributed by atoms with Gasteiger partial charge in [-0.05, 0) is 63.1 Å². The van der Waals surface area contributed by atoms with Crippen molar-refractivity contribution < 1.29 is 4.39 Å². The maximum absolute atomic E-state index is 13.2. The molecule has 0 fully saturated rings. The van der Waals surface area contributed by atoms with Crippen LogP contribution in [0.3, 0.4) is 0 Å². The summed E-state index contributed by atoms with van der Waals surface area (Å²) >= 11 is 3.47. The highest BCUT2D eigenvalue weighted by molar-refractivity contribution is 9.10. The Kier molecular flexibility index (Phi) is 9.13. The van der Waals surface area contributed by atoms with Crippen LogP contribution in [-0.4, -0.2) is 37.1 Å². The Balaban J connectivity index is 2.63. The van der Waals surface area contributed by atoms with Crippen molar-refractivity contribution in [2.24, 2.45) is 0 Å². The number of nitrogens with one attached hydrogen (secondary N) is 1. The maximum Gasteiger partial charge on any atom is 0.124 e. The van der Waals surface area contributed by atoms with Crippen LogP contribution in [0.4, 0.5) is 4.39 Å². The number of benzene rings is 1. The van der Waals surface area contributed by atoms with E-state index in [9.17, 15) is 4.39 Å². The second kappa shape index (κ2) is 10.3. The first kappa shape index (κ1) is 18.6. The van der Waals surface area contributed by atoms with Gasteiger partial charge in [-0.3, -0.25) is 0 Å². The van der Waals surface area contributed by atoms with Crippen molar-refractivity contribution in [3.8, 4) is 0 Å². The van der Waals surface area contributed by atoms with E-state index in [4.69, 9.17) is 0 Å². The van der Waals surface area contributed by atoms with E-state index in [0.29, 0.717) is 6.04 Å². The van der Waals surface area contributed by atoms with Crippen LogP contribution in [0.5, 0.6) is 0 Å². The van der Waals surface area contributed by atoms with E-state index in [1.165, 1.54) is 5.56 Å². The molecular weight excluding hydrogens is 331 g/mol. The lowest BCUT2D eigenvalue weighted by Crippen LogP contribution is -2.36. The topological polar surface area (TPSA) is 15.3 Å². The van der Waals surface area contributed by atoms with Crippen molar-refractivity contribution in [2.75, 3.05) is 26.2 Å². The van der Waals surface area contributed by atoms with Crippen molar-refractivity contribution >= 4 is 15.9 Å². The monoisotopic (exact) mass is 358 g/mol. The van der Waals surface area contributed by atoms with Crippen molar-refractivity contribution in [2.45, 2.75) is 46.1 Å². The Hall–Kier alpha value is -0.450. The van der Waals surface area contributed by atoms with E-state index in [2.05, 4.69) is 46.9 Å². The van der Waals surface area contributed by atoms with E-state index in [1.54, 1.807) is 12.1 Å². The number of hydrogen-bond acceptors (Lipinski definition) is 2. The summed E-state index contributed by atoms with van der Waals surface area (Å²) in [6, 6.07) is 5.42. The Morgan fingerprint density at radius 3 is 2.52 bits per heavy atom. The van der Waals surface area contributed by atoms with Crippen LogP contribution >= 0.6 is 15.9 Å². The first-order valence-corrected chi connectivity index (χ1v) is 8.79. The minimum Gasteiger partial charge on any atom is -0.314 e. The molecule has 0 bridgehead atoms. The maximum atomic E-state index is 13.2. The Labute approximate surface area is 137 Å². The lowest BCUT2D eigenvalue weighted by Gasteiger charge is -2.24. The molecule has 1 rings (SSSR count). The summed E-state index contributed by atoms with van der Waals surface area (Å²) in [5, 5.41) is 3.62. The van der Waals surface area contributed by atoms with Gasteiger partial charge in [0, 0.05) is 10.5 Å². The van der Waals surface area contributed by atoms with Gasteiger partial charge in [-0.25, -0.2) is 4.39 Å². The average molecular weight is 359 g/mol. The fourth-order valence-corrected chi connectivity index (χ4v) is 2.97. The third-order valence-electron chi connectivity index (χ3n) is 3.85. The third kappa shape index (κ3) is 6.90. The predicted octanol–water partition coefficient (Wildman–Crippen LogP) is 4.23. The van der Waals surface area contributed by atoms with Gasteiger partial charge in [0.15, 0.2) is 0 Å². The van der Waals surface area contributed by atoms with Gasteiger partial charge in [0.05, 0.1) is 0 Å². The fraction of sp³-hybridized carbons (Fsp3) is 0.647. The van der Waals surface area contributed by atoms with Crippen molar-refractivity contribution in [1.82, 2.24) is 10.2 Å². The third-order valence-corrected chi connectivity index (χ3v) is 4.59. The molecule has 1 atom stereocenters. The van der Waals surface area contributed by atoms with Crippen LogP contribution in [0.1, 0.15) is 39.2 Å². The lowest BCUT2D eigenvalue weighted by atomic mass is 10.0. The normalized spacial score (nSPS) is 12.9. The fourth-order valence-electron chi connectivity index (χ4n) is 2.46. The quantitative estimate of drug-likeness (QED) is 0.673. The van der Waals surface area contributed by atoms with Crippen molar-refractivity contribution in [1.29, 1.82) is 0 Å². The molecule has 1 aromatic rings. The molecule has 0 aliphatic rings. The molecule has 1 N–H and O–H groups in total. The van der Waals surface area contributed by atoms with E-state index >= 15 is 0 Å². The number of hydrogen-bond donors (Lipinski definition) is 1. The smallest absolute Gasteiger partial charge is 0.124 e. The molecule has 0 aliphatic carbocycles. The standard InChI is InChI=1S/C17H28BrFN2/c1-4-10-20-16(9-11-21(5-2)6-3)12-14-7-8-15(19)13-17(14)18/h7-8,13,16,20H,4-6,9-12H2,1-3H3. The molecule has 0 radical (unpaired) electrons. The van der Waals surface area contributed by atoms with Crippen LogP contribution in [-0.2, 0) is 6.42 Å². The van der Waals surface area contributed by atoms with Gasteiger partial charge in [0.25, 0.3) is 0 Å². The van der Waals surface area contributed by atoms with Crippen LogP contribution < -0.4 is 5.32 Å². The molecule has 120 valence electrons. The molecule has 0 heterocycles. The highest BCUT2D eigenvalue weighted by Gasteiger charge is 2.13. The zero-order valence-corrected chi connectivity index (χ0v) is 15.0. The van der Waals surface area contributed by atoms with E-state index in [-0.39, 0.29) is 5.82 Å². The first-order chi connectivity index (χ1) is 10.1. The Morgan fingerprint density at radius 2 is 1.95 bits per heavy atom. The molecule has 2 nitrogen and oxygen atoms in total.